The number of nitrogens with one attached hydrogen (secondary N) is 1. The highest BCUT2D eigenvalue weighted by atomic mass is 19.1. The van der Waals surface area contributed by atoms with Crippen LogP contribution in [0.25, 0.3) is 10.9 Å². The van der Waals surface area contributed by atoms with E-state index in [9.17, 15) is 9.18 Å². The van der Waals surface area contributed by atoms with Gasteiger partial charge in [-0.1, -0.05) is 0 Å². The smallest absolute Gasteiger partial charge is 0.290 e. The Kier molecular flexibility index (Phi) is 4.86. The SMILES string of the molecule is O=C(N[C@@H]1CN2CCC1CC2)c1c2n(c3ccc(F)cc13)CCC2.O=CO. The van der Waals surface area contributed by atoms with E-state index in [1.54, 1.807) is 0 Å². The lowest BCUT2D eigenvalue weighted by Crippen LogP contribution is -2.57. The topological polar surface area (TPSA) is 74.6 Å². The second-order valence-corrected chi connectivity index (χ2v) is 7.56. The molecule has 1 atom stereocenters. The molecule has 2 N–H and O–H groups in total. The van der Waals surface area contributed by atoms with E-state index < -0.39 is 0 Å². The highest BCUT2D eigenvalue weighted by Crippen LogP contribution is 2.33. The van der Waals surface area contributed by atoms with Crippen molar-refractivity contribution in [3.8, 4) is 0 Å². The Balaban J connectivity index is 0.000000565. The van der Waals surface area contributed by atoms with Crippen molar-refractivity contribution in [1.29, 1.82) is 0 Å². The van der Waals surface area contributed by atoms with Crippen LogP contribution < -0.4 is 5.32 Å². The van der Waals surface area contributed by atoms with Crippen LogP contribution in [0.5, 0.6) is 0 Å². The van der Waals surface area contributed by atoms with Gasteiger partial charge in [0.25, 0.3) is 12.4 Å². The number of benzene rings is 1. The average Bonchev–Trinajstić information content (AvgIpc) is 3.23. The normalized spacial score (nSPS) is 25.6. The quantitative estimate of drug-likeness (QED) is 0.792. The van der Waals surface area contributed by atoms with E-state index in [2.05, 4.69) is 14.8 Å². The first-order valence-electron chi connectivity index (χ1n) is 9.54. The van der Waals surface area contributed by atoms with Gasteiger partial charge in [0.2, 0.25) is 0 Å². The molecule has 0 saturated carbocycles. The molecule has 6 nitrogen and oxygen atoms in total. The third kappa shape index (κ3) is 3.20. The molecule has 7 heteroatoms. The number of rotatable bonds is 2. The summed E-state index contributed by atoms with van der Waals surface area (Å²) in [5.41, 5.74) is 2.77. The van der Waals surface area contributed by atoms with E-state index in [0.29, 0.717) is 11.5 Å². The molecule has 4 aliphatic heterocycles. The van der Waals surface area contributed by atoms with Crippen LogP contribution in [-0.4, -0.2) is 52.6 Å². The Morgan fingerprint density at radius 1 is 1.26 bits per heavy atom. The van der Waals surface area contributed by atoms with Gasteiger partial charge >= 0.3 is 0 Å². The molecule has 2 bridgehead atoms. The lowest BCUT2D eigenvalue weighted by atomic mass is 9.84. The van der Waals surface area contributed by atoms with Gasteiger partial charge in [-0.05, 0) is 62.9 Å². The van der Waals surface area contributed by atoms with Crippen LogP contribution in [0.1, 0.15) is 35.3 Å². The van der Waals surface area contributed by atoms with Crippen LogP contribution in [0.4, 0.5) is 4.39 Å². The molecule has 0 spiro atoms. The van der Waals surface area contributed by atoms with E-state index >= 15 is 0 Å². The van der Waals surface area contributed by atoms with Crippen LogP contribution in [0.3, 0.4) is 0 Å². The van der Waals surface area contributed by atoms with Crippen molar-refractivity contribution < 1.29 is 19.1 Å². The van der Waals surface area contributed by atoms with E-state index in [1.807, 2.05) is 6.07 Å². The Morgan fingerprint density at radius 2 is 2.00 bits per heavy atom. The van der Waals surface area contributed by atoms with E-state index in [1.165, 1.54) is 25.0 Å². The van der Waals surface area contributed by atoms with Gasteiger partial charge < -0.3 is 19.9 Å². The van der Waals surface area contributed by atoms with Crippen LogP contribution in [0.2, 0.25) is 0 Å². The van der Waals surface area contributed by atoms with Crippen molar-refractivity contribution in [2.75, 3.05) is 19.6 Å². The summed E-state index contributed by atoms with van der Waals surface area (Å²) in [6, 6.07) is 5.06. The molecular weight excluding hydrogens is 349 g/mol. The number of carbonyl (C=O) groups is 2. The predicted molar refractivity (Wildman–Crippen MR) is 99.3 cm³/mol. The average molecular weight is 373 g/mol. The summed E-state index contributed by atoms with van der Waals surface area (Å²) in [5, 5.41) is 10.9. The van der Waals surface area contributed by atoms with Crippen LogP contribution in [0.15, 0.2) is 18.2 Å². The fraction of sp³-hybridized carbons (Fsp3) is 0.500. The summed E-state index contributed by atoms with van der Waals surface area (Å²) in [6.45, 7) is 3.95. The number of halogens is 1. The van der Waals surface area contributed by atoms with Gasteiger partial charge in [-0.25, -0.2) is 4.39 Å². The molecule has 1 aromatic heterocycles. The van der Waals surface area contributed by atoms with Gasteiger partial charge in [0.05, 0.1) is 5.56 Å². The summed E-state index contributed by atoms with van der Waals surface area (Å²) >= 11 is 0. The highest BCUT2D eigenvalue weighted by Gasteiger charge is 2.36. The predicted octanol–water partition coefficient (Wildman–Crippen LogP) is 2.25. The molecule has 27 heavy (non-hydrogen) atoms. The van der Waals surface area contributed by atoms with E-state index in [4.69, 9.17) is 9.90 Å². The summed E-state index contributed by atoms with van der Waals surface area (Å²) in [4.78, 5) is 23.9. The minimum atomic E-state index is -0.274. The van der Waals surface area contributed by atoms with E-state index in [-0.39, 0.29) is 24.2 Å². The first-order valence-corrected chi connectivity index (χ1v) is 9.54. The van der Waals surface area contributed by atoms with Crippen molar-refractivity contribution in [3.63, 3.8) is 0 Å². The third-order valence-corrected chi connectivity index (χ3v) is 6.13. The zero-order valence-corrected chi connectivity index (χ0v) is 15.2. The number of aryl methyl sites for hydroxylation is 1. The summed E-state index contributed by atoms with van der Waals surface area (Å²) in [6.07, 6.45) is 4.31. The summed E-state index contributed by atoms with van der Waals surface area (Å²) in [5.74, 6) is 0.307. The second kappa shape index (κ2) is 7.31. The molecule has 0 unspecified atom stereocenters. The van der Waals surface area contributed by atoms with Gasteiger partial charge in [-0.15, -0.1) is 0 Å². The second-order valence-electron chi connectivity index (χ2n) is 7.56. The zero-order chi connectivity index (χ0) is 19.0. The lowest BCUT2D eigenvalue weighted by Gasteiger charge is -2.44. The van der Waals surface area contributed by atoms with Crippen LogP contribution in [0, 0.1) is 11.7 Å². The molecule has 144 valence electrons. The third-order valence-electron chi connectivity index (χ3n) is 6.13. The number of amides is 1. The molecule has 5 heterocycles. The molecule has 4 aliphatic rings. The number of fused-ring (bicyclic) bond motifs is 6. The minimum Gasteiger partial charge on any atom is -0.483 e. The number of hydrogen-bond acceptors (Lipinski definition) is 3. The minimum absolute atomic E-state index is 0.0139. The molecule has 2 aromatic rings. The Hall–Kier alpha value is -2.41. The van der Waals surface area contributed by atoms with Crippen LogP contribution >= 0.6 is 0 Å². The first-order chi connectivity index (χ1) is 13.1. The molecule has 0 radical (unpaired) electrons. The highest BCUT2D eigenvalue weighted by molar-refractivity contribution is 6.08. The van der Waals surface area contributed by atoms with Gasteiger partial charge in [0.15, 0.2) is 0 Å². The molecule has 3 saturated heterocycles. The standard InChI is InChI=1S/C19H22FN3O.CH2O2/c20-13-3-4-16-14(10-13)18(17-2-1-7-23(16)17)19(24)21-15-11-22-8-5-12(15)6-9-22;2-1-3/h3-4,10,12,15H,1-2,5-9,11H2,(H,21,24);1H,(H,2,3)/t15-;/m1./s1. The molecule has 1 aromatic carbocycles. The monoisotopic (exact) mass is 373 g/mol. The molecule has 6 rings (SSSR count). The van der Waals surface area contributed by atoms with Gasteiger partial charge in [-0.2, -0.15) is 0 Å². The maximum absolute atomic E-state index is 13.8. The maximum atomic E-state index is 13.8. The fourth-order valence-electron chi connectivity index (χ4n) is 4.92. The number of carbonyl (C=O) groups excluding carboxylic acids is 1. The molecule has 0 aliphatic carbocycles. The molecular formula is C20H24FN3O3. The van der Waals surface area contributed by atoms with Gasteiger partial charge in [-0.3, -0.25) is 9.59 Å². The number of hydrogen-bond donors (Lipinski definition) is 2. The van der Waals surface area contributed by atoms with Crippen molar-refractivity contribution in [2.24, 2.45) is 5.92 Å². The Bertz CT molecular complexity index is 871. The maximum Gasteiger partial charge on any atom is 0.290 e. The number of carboxylic acid groups (broad SMARTS) is 1. The Morgan fingerprint density at radius 3 is 2.67 bits per heavy atom. The van der Waals surface area contributed by atoms with E-state index in [0.717, 1.165) is 55.6 Å². The zero-order valence-electron chi connectivity index (χ0n) is 15.2. The van der Waals surface area contributed by atoms with Crippen molar-refractivity contribution >= 4 is 23.3 Å². The summed E-state index contributed by atoms with van der Waals surface area (Å²) < 4.78 is 16.0. The number of piperidine rings is 3. The summed E-state index contributed by atoms with van der Waals surface area (Å²) in [7, 11) is 0. The number of nitrogens with zero attached hydrogens (tertiary/aromatic N) is 2. The van der Waals surface area contributed by atoms with Gasteiger partial charge in [0, 0.05) is 35.7 Å². The van der Waals surface area contributed by atoms with Crippen molar-refractivity contribution in [1.82, 2.24) is 14.8 Å². The molecule has 1 amide bonds. The first kappa shape index (κ1) is 18.0. The van der Waals surface area contributed by atoms with Crippen LogP contribution in [-0.2, 0) is 17.8 Å². The lowest BCUT2D eigenvalue weighted by molar-refractivity contribution is -0.122. The fourth-order valence-corrected chi connectivity index (χ4v) is 4.92. The number of aromatic nitrogens is 1. The molecule has 3 fully saturated rings. The van der Waals surface area contributed by atoms with Gasteiger partial charge in [0.1, 0.15) is 5.82 Å². The largest absolute Gasteiger partial charge is 0.483 e. The Labute approximate surface area is 156 Å². The van der Waals surface area contributed by atoms with Crippen molar-refractivity contribution in [3.05, 3.63) is 35.3 Å². The van der Waals surface area contributed by atoms with Crippen molar-refractivity contribution in [2.45, 2.75) is 38.3 Å².